The second-order valence-electron chi connectivity index (χ2n) is 7.37. The Morgan fingerprint density at radius 3 is 2.25 bits per heavy atom. The van der Waals surface area contributed by atoms with Crippen molar-refractivity contribution in [1.29, 1.82) is 0 Å². The van der Waals surface area contributed by atoms with E-state index in [0.717, 1.165) is 0 Å². The lowest BCUT2D eigenvalue weighted by Crippen LogP contribution is -2.38. The lowest BCUT2D eigenvalue weighted by Gasteiger charge is -2.43. The molecule has 1 nitrogen and oxygen atoms in total. The first-order valence-corrected chi connectivity index (χ1v) is 8.12. The lowest BCUT2D eigenvalue weighted by atomic mass is 9.74. The summed E-state index contributed by atoms with van der Waals surface area (Å²) in [4.78, 5) is 2.52. The van der Waals surface area contributed by atoms with Crippen LogP contribution in [0.5, 0.6) is 0 Å². The van der Waals surface area contributed by atoms with E-state index < -0.39 is 0 Å². The van der Waals surface area contributed by atoms with Crippen molar-refractivity contribution in [3.8, 4) is 0 Å². The van der Waals surface area contributed by atoms with E-state index in [4.69, 9.17) is 0 Å². The quantitative estimate of drug-likeness (QED) is 0.698. The Bertz CT molecular complexity index is 499. The molecular weight excluding hydrogens is 242 g/mol. The zero-order chi connectivity index (χ0) is 15.2. The number of aryl methyl sites for hydroxylation is 1. The summed E-state index contributed by atoms with van der Waals surface area (Å²) in [5.41, 5.74) is 7.64. The van der Waals surface area contributed by atoms with E-state index in [1.54, 1.807) is 11.1 Å². The molecule has 0 spiro atoms. The minimum atomic E-state index is 0.603. The van der Waals surface area contributed by atoms with Crippen molar-refractivity contribution in [2.45, 2.75) is 72.8 Å². The van der Waals surface area contributed by atoms with Gasteiger partial charge in [-0.1, -0.05) is 33.8 Å². The highest BCUT2D eigenvalue weighted by Crippen LogP contribution is 2.47. The van der Waals surface area contributed by atoms with Gasteiger partial charge in [0.25, 0.3) is 0 Å². The van der Waals surface area contributed by atoms with Crippen LogP contribution >= 0.6 is 0 Å². The molecule has 2 rings (SSSR count). The third-order valence-electron chi connectivity index (χ3n) is 5.29. The van der Waals surface area contributed by atoms with Crippen molar-refractivity contribution in [2.75, 3.05) is 11.9 Å². The summed E-state index contributed by atoms with van der Waals surface area (Å²) >= 11 is 0. The largest absolute Gasteiger partial charge is 0.371 e. The van der Waals surface area contributed by atoms with Gasteiger partial charge in [0.1, 0.15) is 0 Å². The molecule has 112 valence electrons. The molecule has 0 amide bonds. The topological polar surface area (TPSA) is 3.24 Å². The third kappa shape index (κ3) is 2.36. The first-order valence-electron chi connectivity index (χ1n) is 8.12. The van der Waals surface area contributed by atoms with Crippen molar-refractivity contribution in [3.05, 3.63) is 28.3 Å². The van der Waals surface area contributed by atoms with Gasteiger partial charge in [0.05, 0.1) is 0 Å². The smallest absolute Gasteiger partial charge is 0.0436 e. The molecule has 1 heterocycles. The molecule has 0 aliphatic carbocycles. The molecule has 20 heavy (non-hydrogen) atoms. The fraction of sp³-hybridized carbons (Fsp3) is 0.684. The van der Waals surface area contributed by atoms with Crippen LogP contribution in [0.2, 0.25) is 0 Å². The van der Waals surface area contributed by atoms with Gasteiger partial charge in [-0.25, -0.2) is 0 Å². The normalized spacial score (nSPS) is 22.6. The van der Waals surface area contributed by atoms with Gasteiger partial charge in [-0.2, -0.15) is 0 Å². The molecule has 0 radical (unpaired) electrons. The molecule has 1 aliphatic rings. The minimum Gasteiger partial charge on any atom is -0.371 e. The molecule has 0 bridgehead atoms. The third-order valence-corrected chi connectivity index (χ3v) is 5.29. The standard InChI is InChI=1S/C19H31N/c1-11(2)16-9-13(5)15(7)19-18(16)17(12(3)4)10-14(6)20(19)8/h9,11-12,14,17H,10H2,1-8H3/t14-,17?/m1/s1. The molecule has 0 saturated carbocycles. The Balaban J connectivity index is 2.76. The SMILES string of the molecule is Cc1cc(C(C)C)c2c(c1C)N(C)[C@H](C)CC2C(C)C. The molecule has 1 aromatic rings. The second-order valence-corrected chi connectivity index (χ2v) is 7.37. The van der Waals surface area contributed by atoms with Gasteiger partial charge in [0, 0.05) is 18.8 Å². The summed E-state index contributed by atoms with van der Waals surface area (Å²) < 4.78 is 0. The average molecular weight is 273 g/mol. The minimum absolute atomic E-state index is 0.603. The van der Waals surface area contributed by atoms with Crippen LogP contribution in [-0.4, -0.2) is 13.1 Å². The molecule has 0 N–H and O–H groups in total. The first-order chi connectivity index (χ1) is 9.25. The summed E-state index contributed by atoms with van der Waals surface area (Å²) in [7, 11) is 2.27. The van der Waals surface area contributed by atoms with Crippen LogP contribution in [0.3, 0.4) is 0 Å². The van der Waals surface area contributed by atoms with Crippen LogP contribution in [-0.2, 0) is 0 Å². The molecule has 1 aromatic carbocycles. The zero-order valence-electron chi connectivity index (χ0n) is 14.5. The van der Waals surface area contributed by atoms with E-state index >= 15 is 0 Å². The van der Waals surface area contributed by atoms with Gasteiger partial charge in [-0.3, -0.25) is 0 Å². The maximum absolute atomic E-state index is 2.52. The highest BCUT2D eigenvalue weighted by molar-refractivity contribution is 5.68. The Hall–Kier alpha value is -0.980. The van der Waals surface area contributed by atoms with Gasteiger partial charge >= 0.3 is 0 Å². The number of hydrogen-bond donors (Lipinski definition) is 0. The Kier molecular flexibility index (Phi) is 4.18. The first kappa shape index (κ1) is 15.4. The van der Waals surface area contributed by atoms with E-state index in [2.05, 4.69) is 66.5 Å². The molecule has 0 saturated heterocycles. The molecule has 0 fully saturated rings. The highest BCUT2D eigenvalue weighted by atomic mass is 15.1. The van der Waals surface area contributed by atoms with Gasteiger partial charge in [0.2, 0.25) is 0 Å². The van der Waals surface area contributed by atoms with Gasteiger partial charge < -0.3 is 4.90 Å². The molecule has 1 heteroatoms. The van der Waals surface area contributed by atoms with E-state index in [1.165, 1.54) is 23.2 Å². The molecule has 1 unspecified atom stereocenters. The molecule has 1 aliphatic heterocycles. The number of rotatable bonds is 2. The van der Waals surface area contributed by atoms with Crippen LogP contribution in [0.4, 0.5) is 5.69 Å². The number of hydrogen-bond acceptors (Lipinski definition) is 1. The Morgan fingerprint density at radius 1 is 1.15 bits per heavy atom. The van der Waals surface area contributed by atoms with E-state index in [-0.39, 0.29) is 0 Å². The summed E-state index contributed by atoms with van der Waals surface area (Å²) in [6.45, 7) is 16.4. The Morgan fingerprint density at radius 2 is 1.75 bits per heavy atom. The van der Waals surface area contributed by atoms with Gasteiger partial charge in [-0.15, -0.1) is 0 Å². The summed E-state index contributed by atoms with van der Waals surface area (Å²) in [6, 6.07) is 3.08. The van der Waals surface area contributed by atoms with Crippen LogP contribution in [0.15, 0.2) is 6.07 Å². The van der Waals surface area contributed by atoms with Crippen molar-refractivity contribution in [2.24, 2.45) is 5.92 Å². The fourth-order valence-electron chi connectivity index (χ4n) is 3.74. The van der Waals surface area contributed by atoms with Crippen molar-refractivity contribution >= 4 is 5.69 Å². The summed E-state index contributed by atoms with van der Waals surface area (Å²) in [5.74, 6) is 2.02. The van der Waals surface area contributed by atoms with E-state index in [0.29, 0.717) is 23.8 Å². The number of anilines is 1. The van der Waals surface area contributed by atoms with Crippen LogP contribution in [0.1, 0.15) is 75.1 Å². The summed E-state index contributed by atoms with van der Waals surface area (Å²) in [5, 5.41) is 0. The van der Waals surface area contributed by atoms with E-state index in [9.17, 15) is 0 Å². The van der Waals surface area contributed by atoms with Crippen molar-refractivity contribution in [3.63, 3.8) is 0 Å². The van der Waals surface area contributed by atoms with E-state index in [1.807, 2.05) is 0 Å². The van der Waals surface area contributed by atoms with Gasteiger partial charge in [0.15, 0.2) is 0 Å². The predicted molar refractivity (Wildman–Crippen MR) is 90.1 cm³/mol. The predicted octanol–water partition coefficient (Wildman–Crippen LogP) is 5.39. The van der Waals surface area contributed by atoms with Crippen LogP contribution in [0, 0.1) is 19.8 Å². The van der Waals surface area contributed by atoms with Crippen LogP contribution < -0.4 is 4.90 Å². The Labute approximate surface area is 125 Å². The van der Waals surface area contributed by atoms with Crippen molar-refractivity contribution in [1.82, 2.24) is 0 Å². The fourth-order valence-corrected chi connectivity index (χ4v) is 3.74. The lowest BCUT2D eigenvalue weighted by molar-refractivity contribution is 0.408. The monoisotopic (exact) mass is 273 g/mol. The second kappa shape index (κ2) is 5.42. The highest BCUT2D eigenvalue weighted by Gasteiger charge is 2.34. The maximum atomic E-state index is 2.52. The molecular formula is C19H31N. The van der Waals surface area contributed by atoms with Crippen molar-refractivity contribution < 1.29 is 0 Å². The number of fused-ring (bicyclic) bond motifs is 1. The average Bonchev–Trinajstić information content (AvgIpc) is 2.36. The summed E-state index contributed by atoms with van der Waals surface area (Å²) in [6.07, 6.45) is 1.28. The number of benzene rings is 1. The maximum Gasteiger partial charge on any atom is 0.0436 e. The molecule has 0 aromatic heterocycles. The zero-order valence-corrected chi connectivity index (χ0v) is 14.5. The molecule has 2 atom stereocenters. The van der Waals surface area contributed by atoms with Crippen LogP contribution in [0.25, 0.3) is 0 Å². The number of nitrogens with zero attached hydrogens (tertiary/aromatic N) is 1. The van der Waals surface area contributed by atoms with Gasteiger partial charge in [-0.05, 0) is 67.2 Å².